The van der Waals surface area contributed by atoms with Crippen LogP contribution in [0.2, 0.25) is 0 Å². The van der Waals surface area contributed by atoms with Crippen LogP contribution in [-0.2, 0) is 5.54 Å². The Kier molecular flexibility index (Phi) is 13.6. The summed E-state index contributed by atoms with van der Waals surface area (Å²) in [7, 11) is 0. The summed E-state index contributed by atoms with van der Waals surface area (Å²) in [6.45, 7) is 6.87. The molecule has 0 aliphatic rings. The first kappa shape index (κ1) is 23.2. The molecule has 3 nitrogen and oxygen atoms in total. The Morgan fingerprint density at radius 3 is 1.50 bits per heavy atom. The summed E-state index contributed by atoms with van der Waals surface area (Å²) in [6, 6.07) is 0. The number of hydrogen-bond acceptors (Lipinski definition) is 2. The molecule has 3 heteroatoms. The van der Waals surface area contributed by atoms with Crippen LogP contribution >= 0.6 is 0 Å². The summed E-state index contributed by atoms with van der Waals surface area (Å²) in [4.78, 5) is 4.15. The van der Waals surface area contributed by atoms with E-state index in [-0.39, 0.29) is 5.54 Å². The lowest BCUT2D eigenvalue weighted by molar-refractivity contribution is 0.207. The summed E-state index contributed by atoms with van der Waals surface area (Å²) in [5, 5.41) is 4.42. The van der Waals surface area contributed by atoms with E-state index in [0.29, 0.717) is 0 Å². The fourth-order valence-corrected chi connectivity index (χ4v) is 4.14. The largest absolute Gasteiger partial charge is 0.247 e. The van der Waals surface area contributed by atoms with Crippen LogP contribution in [0, 0.1) is 0 Å². The van der Waals surface area contributed by atoms with E-state index in [2.05, 4.69) is 35.5 Å². The standard InChI is InChI=1S/C23H45N3/c1-4-7-8-9-10-11-12-13-14-15-16-17-18-19-20-23(5-2,6-3)26-22-24-21-25-26/h21-22H,4-20H2,1-3H3. The van der Waals surface area contributed by atoms with Gasteiger partial charge in [-0.3, -0.25) is 0 Å². The summed E-state index contributed by atoms with van der Waals surface area (Å²) in [5.41, 5.74) is 0.188. The monoisotopic (exact) mass is 363 g/mol. The average molecular weight is 364 g/mol. The SMILES string of the molecule is CCCCCCCCCCCCCCCCC(CC)(CC)n1cncn1. The van der Waals surface area contributed by atoms with E-state index in [0.717, 1.165) is 12.8 Å². The minimum atomic E-state index is 0.188. The molecule has 0 unspecified atom stereocenters. The third-order valence-corrected chi connectivity index (χ3v) is 6.22. The van der Waals surface area contributed by atoms with Crippen molar-refractivity contribution in [1.29, 1.82) is 0 Å². The van der Waals surface area contributed by atoms with Crippen molar-refractivity contribution >= 4 is 0 Å². The van der Waals surface area contributed by atoms with E-state index < -0.39 is 0 Å². The van der Waals surface area contributed by atoms with Gasteiger partial charge in [-0.1, -0.05) is 111 Å². The highest BCUT2D eigenvalue weighted by atomic mass is 15.4. The van der Waals surface area contributed by atoms with Crippen LogP contribution in [0.4, 0.5) is 0 Å². The molecule has 26 heavy (non-hydrogen) atoms. The lowest BCUT2D eigenvalue weighted by Gasteiger charge is -2.31. The van der Waals surface area contributed by atoms with Gasteiger partial charge in [0.1, 0.15) is 12.7 Å². The molecule has 0 saturated heterocycles. The Hall–Kier alpha value is -0.860. The van der Waals surface area contributed by atoms with E-state index in [1.807, 2.05) is 6.33 Å². The molecule has 1 rings (SSSR count). The molecule has 0 atom stereocenters. The molecule has 0 amide bonds. The lowest BCUT2D eigenvalue weighted by Crippen LogP contribution is -2.32. The second-order valence-corrected chi connectivity index (χ2v) is 8.12. The zero-order valence-corrected chi connectivity index (χ0v) is 18.0. The molecule has 0 aliphatic heterocycles. The van der Waals surface area contributed by atoms with E-state index in [1.54, 1.807) is 6.33 Å². The summed E-state index contributed by atoms with van der Waals surface area (Å²) < 4.78 is 2.11. The highest BCUT2D eigenvalue weighted by Gasteiger charge is 2.28. The molecule has 0 radical (unpaired) electrons. The summed E-state index contributed by atoms with van der Waals surface area (Å²) in [6.07, 6.45) is 27.0. The van der Waals surface area contributed by atoms with Crippen LogP contribution in [-0.4, -0.2) is 14.8 Å². The molecule has 1 heterocycles. The normalized spacial score (nSPS) is 12.0. The molecular formula is C23H45N3. The van der Waals surface area contributed by atoms with Gasteiger partial charge in [0, 0.05) is 0 Å². The highest BCUT2D eigenvalue weighted by Crippen LogP contribution is 2.30. The van der Waals surface area contributed by atoms with Gasteiger partial charge in [0.2, 0.25) is 0 Å². The molecule has 0 spiro atoms. The predicted octanol–water partition coefficient (Wildman–Crippen LogP) is 7.66. The number of nitrogens with zero attached hydrogens (tertiary/aromatic N) is 3. The van der Waals surface area contributed by atoms with Gasteiger partial charge < -0.3 is 0 Å². The van der Waals surface area contributed by atoms with Crippen molar-refractivity contribution < 1.29 is 0 Å². The fourth-order valence-electron chi connectivity index (χ4n) is 4.14. The van der Waals surface area contributed by atoms with Crippen LogP contribution in [0.25, 0.3) is 0 Å². The maximum atomic E-state index is 4.42. The molecule has 0 N–H and O–H groups in total. The smallest absolute Gasteiger partial charge is 0.137 e. The first-order chi connectivity index (χ1) is 12.8. The Labute approximate surface area is 163 Å². The van der Waals surface area contributed by atoms with Crippen LogP contribution < -0.4 is 0 Å². The fraction of sp³-hybridized carbons (Fsp3) is 0.913. The number of aromatic nitrogens is 3. The minimum absolute atomic E-state index is 0.188. The van der Waals surface area contributed by atoms with Crippen LogP contribution in [0.5, 0.6) is 0 Å². The zero-order chi connectivity index (χ0) is 18.9. The maximum Gasteiger partial charge on any atom is 0.137 e. The number of rotatable bonds is 18. The minimum Gasteiger partial charge on any atom is -0.247 e. The molecule has 1 aromatic rings. The van der Waals surface area contributed by atoms with Gasteiger partial charge in [0.05, 0.1) is 5.54 Å². The molecule has 0 fully saturated rings. The third kappa shape index (κ3) is 9.19. The van der Waals surface area contributed by atoms with Crippen molar-refractivity contribution in [2.24, 2.45) is 0 Å². The van der Waals surface area contributed by atoms with Gasteiger partial charge in [-0.25, -0.2) is 9.67 Å². The topological polar surface area (TPSA) is 30.7 Å². The molecule has 0 aliphatic carbocycles. The Morgan fingerprint density at radius 1 is 0.654 bits per heavy atom. The van der Waals surface area contributed by atoms with E-state index >= 15 is 0 Å². The van der Waals surface area contributed by atoms with E-state index in [1.165, 1.54) is 96.3 Å². The Balaban J connectivity index is 1.96. The third-order valence-electron chi connectivity index (χ3n) is 6.22. The maximum absolute atomic E-state index is 4.42. The van der Waals surface area contributed by atoms with Crippen molar-refractivity contribution in [3.63, 3.8) is 0 Å². The number of unbranched alkanes of at least 4 members (excludes halogenated alkanes) is 13. The first-order valence-electron chi connectivity index (χ1n) is 11.6. The molecule has 0 aromatic carbocycles. The van der Waals surface area contributed by atoms with Crippen molar-refractivity contribution in [2.75, 3.05) is 0 Å². The summed E-state index contributed by atoms with van der Waals surface area (Å²) in [5.74, 6) is 0. The Bertz CT molecular complexity index is 396. The van der Waals surface area contributed by atoms with Crippen LogP contribution in [0.1, 0.15) is 130 Å². The van der Waals surface area contributed by atoms with Crippen molar-refractivity contribution in [2.45, 2.75) is 135 Å². The van der Waals surface area contributed by atoms with Crippen molar-refractivity contribution in [1.82, 2.24) is 14.8 Å². The van der Waals surface area contributed by atoms with Crippen LogP contribution in [0.3, 0.4) is 0 Å². The van der Waals surface area contributed by atoms with Gasteiger partial charge >= 0.3 is 0 Å². The van der Waals surface area contributed by atoms with E-state index in [4.69, 9.17) is 0 Å². The molecule has 152 valence electrons. The second-order valence-electron chi connectivity index (χ2n) is 8.12. The van der Waals surface area contributed by atoms with E-state index in [9.17, 15) is 0 Å². The zero-order valence-electron chi connectivity index (χ0n) is 18.0. The number of hydrogen-bond donors (Lipinski definition) is 0. The van der Waals surface area contributed by atoms with Gasteiger partial charge in [-0.05, 0) is 19.3 Å². The van der Waals surface area contributed by atoms with Gasteiger partial charge in [0.15, 0.2) is 0 Å². The molecular weight excluding hydrogens is 318 g/mol. The van der Waals surface area contributed by atoms with Gasteiger partial charge in [-0.2, -0.15) is 5.10 Å². The average Bonchev–Trinajstić information content (AvgIpc) is 3.21. The quantitative estimate of drug-likeness (QED) is 0.250. The highest BCUT2D eigenvalue weighted by molar-refractivity contribution is 4.83. The van der Waals surface area contributed by atoms with Crippen molar-refractivity contribution in [3.8, 4) is 0 Å². The Morgan fingerprint density at radius 2 is 1.12 bits per heavy atom. The predicted molar refractivity (Wildman–Crippen MR) is 114 cm³/mol. The molecule has 1 aromatic heterocycles. The molecule has 0 saturated carbocycles. The van der Waals surface area contributed by atoms with Crippen LogP contribution in [0.15, 0.2) is 12.7 Å². The second kappa shape index (κ2) is 15.2. The van der Waals surface area contributed by atoms with Gasteiger partial charge in [-0.15, -0.1) is 0 Å². The van der Waals surface area contributed by atoms with Gasteiger partial charge in [0.25, 0.3) is 0 Å². The molecule has 0 bridgehead atoms. The van der Waals surface area contributed by atoms with Crippen molar-refractivity contribution in [3.05, 3.63) is 12.7 Å². The summed E-state index contributed by atoms with van der Waals surface area (Å²) >= 11 is 0. The first-order valence-corrected chi connectivity index (χ1v) is 11.6. The lowest BCUT2D eigenvalue weighted by atomic mass is 9.87.